The third-order valence-corrected chi connectivity index (χ3v) is 1.94. The lowest BCUT2D eigenvalue weighted by Crippen LogP contribution is -2.24. The molecule has 0 unspecified atom stereocenters. The van der Waals surface area contributed by atoms with Crippen LogP contribution in [0.3, 0.4) is 0 Å². The fourth-order valence-electron chi connectivity index (χ4n) is 0.615. The number of esters is 2. The molecule has 0 aliphatic rings. The van der Waals surface area contributed by atoms with Gasteiger partial charge in [-0.15, -0.1) is 0 Å². The first-order chi connectivity index (χ1) is 6.43. The molecule has 0 aromatic carbocycles. The van der Waals surface area contributed by atoms with Crippen molar-refractivity contribution in [3.05, 3.63) is 0 Å². The number of ether oxygens (including phenoxy) is 2. The highest BCUT2D eigenvalue weighted by molar-refractivity contribution is 9.18. The van der Waals surface area contributed by atoms with Gasteiger partial charge in [0.05, 0.1) is 5.92 Å². The fourth-order valence-corrected chi connectivity index (χ4v) is 0.879. The zero-order chi connectivity index (χ0) is 11.1. The maximum atomic E-state index is 10.9. The first-order valence-corrected chi connectivity index (χ1v) is 4.69. The Morgan fingerprint density at radius 1 is 1.07 bits per heavy atom. The number of hydrogen-bond acceptors (Lipinski definition) is 5. The van der Waals surface area contributed by atoms with Gasteiger partial charge in [0, 0.05) is 13.8 Å². The number of hydrogen-bond donors (Lipinski definition) is 0. The minimum absolute atomic E-state index is 0.0906. The normalized spacial score (nSPS) is 9.71. The van der Waals surface area contributed by atoms with E-state index in [1.807, 2.05) is 0 Å². The van der Waals surface area contributed by atoms with Gasteiger partial charge in [-0.05, 0) is 15.9 Å². The summed E-state index contributed by atoms with van der Waals surface area (Å²) in [5.41, 5.74) is 0. The van der Waals surface area contributed by atoms with Crippen LogP contribution >= 0.6 is 15.9 Å². The van der Waals surface area contributed by atoms with E-state index in [0.29, 0.717) is 0 Å². The fraction of sp³-hybridized carbons (Fsp3) is 0.625. The van der Waals surface area contributed by atoms with Crippen molar-refractivity contribution in [3.8, 4) is 0 Å². The van der Waals surface area contributed by atoms with Crippen LogP contribution < -0.4 is 0 Å². The summed E-state index contributed by atoms with van der Waals surface area (Å²) in [4.78, 5) is 31.8. The SMILES string of the molecule is CC(=O)OCC(COC(C)=O)C(=O)Br. The summed E-state index contributed by atoms with van der Waals surface area (Å²) >= 11 is 2.72. The Bertz CT molecular complexity index is 220. The monoisotopic (exact) mass is 266 g/mol. The minimum atomic E-state index is -0.650. The molecule has 0 aromatic heterocycles. The zero-order valence-electron chi connectivity index (χ0n) is 7.91. The van der Waals surface area contributed by atoms with Crippen LogP contribution in [0.4, 0.5) is 0 Å². The summed E-state index contributed by atoms with van der Waals surface area (Å²) in [7, 11) is 0. The second-order valence-electron chi connectivity index (χ2n) is 2.61. The van der Waals surface area contributed by atoms with Crippen LogP contribution in [0, 0.1) is 5.92 Å². The lowest BCUT2D eigenvalue weighted by atomic mass is 10.2. The third kappa shape index (κ3) is 6.59. The van der Waals surface area contributed by atoms with E-state index < -0.39 is 17.9 Å². The van der Waals surface area contributed by atoms with Crippen LogP contribution in [0.15, 0.2) is 0 Å². The van der Waals surface area contributed by atoms with Gasteiger partial charge in [-0.1, -0.05) is 0 Å². The predicted molar refractivity (Wildman–Crippen MR) is 50.7 cm³/mol. The maximum Gasteiger partial charge on any atom is 0.302 e. The second kappa shape index (κ2) is 6.53. The van der Waals surface area contributed by atoms with Gasteiger partial charge < -0.3 is 9.47 Å². The Hall–Kier alpha value is -0.910. The van der Waals surface area contributed by atoms with E-state index in [0.717, 1.165) is 0 Å². The standard InChI is InChI=1S/C8H11BrO5/c1-5(10)13-3-7(8(9)12)4-14-6(2)11/h7H,3-4H2,1-2H3. The van der Waals surface area contributed by atoms with E-state index in [1.54, 1.807) is 0 Å². The largest absolute Gasteiger partial charge is 0.465 e. The van der Waals surface area contributed by atoms with E-state index in [1.165, 1.54) is 13.8 Å². The van der Waals surface area contributed by atoms with Crippen molar-refractivity contribution in [2.75, 3.05) is 13.2 Å². The molecule has 14 heavy (non-hydrogen) atoms. The minimum Gasteiger partial charge on any atom is -0.465 e. The molecular formula is C8H11BrO5. The van der Waals surface area contributed by atoms with Gasteiger partial charge in [0.25, 0.3) is 0 Å². The Kier molecular flexibility index (Phi) is 6.11. The van der Waals surface area contributed by atoms with E-state index >= 15 is 0 Å². The van der Waals surface area contributed by atoms with Gasteiger partial charge in [-0.25, -0.2) is 0 Å². The summed E-state index contributed by atoms with van der Waals surface area (Å²) in [6.45, 7) is 2.29. The number of carbonyl (C=O) groups excluding carboxylic acids is 3. The lowest BCUT2D eigenvalue weighted by molar-refractivity contribution is -0.147. The van der Waals surface area contributed by atoms with Crippen molar-refractivity contribution in [2.24, 2.45) is 5.92 Å². The summed E-state index contributed by atoms with van der Waals surface area (Å²) in [5.74, 6) is -1.61. The highest BCUT2D eigenvalue weighted by Crippen LogP contribution is 2.06. The molecule has 0 aliphatic heterocycles. The summed E-state index contributed by atoms with van der Waals surface area (Å²) in [6.07, 6.45) is 0. The van der Waals surface area contributed by atoms with E-state index in [9.17, 15) is 14.4 Å². The van der Waals surface area contributed by atoms with Crippen molar-refractivity contribution in [2.45, 2.75) is 13.8 Å². The van der Waals surface area contributed by atoms with E-state index in [2.05, 4.69) is 25.4 Å². The topological polar surface area (TPSA) is 69.7 Å². The van der Waals surface area contributed by atoms with Crippen LogP contribution in [0.5, 0.6) is 0 Å². The first-order valence-electron chi connectivity index (χ1n) is 3.89. The summed E-state index contributed by atoms with van der Waals surface area (Å²) in [5, 5.41) is 0. The average molecular weight is 267 g/mol. The van der Waals surface area contributed by atoms with Gasteiger partial charge >= 0.3 is 11.9 Å². The molecule has 0 aliphatic carbocycles. The molecule has 5 nitrogen and oxygen atoms in total. The average Bonchev–Trinajstić information content (AvgIpc) is 2.02. The molecular weight excluding hydrogens is 256 g/mol. The van der Waals surface area contributed by atoms with Crippen molar-refractivity contribution in [1.82, 2.24) is 0 Å². The Morgan fingerprint density at radius 2 is 1.43 bits per heavy atom. The smallest absolute Gasteiger partial charge is 0.302 e. The van der Waals surface area contributed by atoms with Crippen molar-refractivity contribution < 1.29 is 23.9 Å². The van der Waals surface area contributed by atoms with Gasteiger partial charge in [-0.2, -0.15) is 0 Å². The molecule has 0 bridgehead atoms. The van der Waals surface area contributed by atoms with Crippen LogP contribution in [0.2, 0.25) is 0 Å². The Labute approximate surface area is 89.9 Å². The molecule has 0 aromatic rings. The Morgan fingerprint density at radius 3 is 1.64 bits per heavy atom. The molecule has 0 fully saturated rings. The van der Waals surface area contributed by atoms with Gasteiger partial charge in [-0.3, -0.25) is 14.4 Å². The molecule has 0 amide bonds. The predicted octanol–water partition coefficient (Wildman–Crippen LogP) is 0.650. The highest BCUT2D eigenvalue weighted by atomic mass is 79.9. The number of halogens is 1. The molecule has 0 saturated carbocycles. The molecule has 80 valence electrons. The third-order valence-electron chi connectivity index (χ3n) is 1.30. The lowest BCUT2D eigenvalue weighted by Gasteiger charge is -2.11. The quantitative estimate of drug-likeness (QED) is 0.540. The first kappa shape index (κ1) is 13.1. The van der Waals surface area contributed by atoms with Gasteiger partial charge in [0.1, 0.15) is 13.2 Å². The van der Waals surface area contributed by atoms with Crippen molar-refractivity contribution in [1.29, 1.82) is 0 Å². The highest BCUT2D eigenvalue weighted by Gasteiger charge is 2.18. The van der Waals surface area contributed by atoms with Crippen molar-refractivity contribution >= 4 is 32.6 Å². The molecule has 0 N–H and O–H groups in total. The molecule has 0 rings (SSSR count). The molecule has 0 saturated heterocycles. The van der Waals surface area contributed by atoms with Crippen LogP contribution in [0.1, 0.15) is 13.8 Å². The summed E-state index contributed by atoms with van der Waals surface area (Å²) < 4.78 is 8.87. The number of carbonyl (C=O) groups is 3. The van der Waals surface area contributed by atoms with E-state index in [4.69, 9.17) is 0 Å². The molecule has 0 heterocycles. The second-order valence-corrected chi connectivity index (χ2v) is 3.39. The van der Waals surface area contributed by atoms with Gasteiger partial charge in [0.2, 0.25) is 4.69 Å². The van der Waals surface area contributed by atoms with Crippen LogP contribution in [0.25, 0.3) is 0 Å². The van der Waals surface area contributed by atoms with Gasteiger partial charge in [0.15, 0.2) is 0 Å². The molecule has 0 spiro atoms. The Balaban J connectivity index is 3.96. The number of rotatable bonds is 5. The maximum absolute atomic E-state index is 10.9. The molecule has 6 heteroatoms. The van der Waals surface area contributed by atoms with E-state index in [-0.39, 0.29) is 17.9 Å². The summed E-state index contributed by atoms with van der Waals surface area (Å²) in [6, 6.07) is 0. The molecule has 0 atom stereocenters. The molecule has 0 radical (unpaired) electrons. The zero-order valence-corrected chi connectivity index (χ0v) is 9.50. The van der Waals surface area contributed by atoms with Crippen LogP contribution in [-0.2, 0) is 23.9 Å². The van der Waals surface area contributed by atoms with Crippen molar-refractivity contribution in [3.63, 3.8) is 0 Å². The van der Waals surface area contributed by atoms with Crippen LogP contribution in [-0.4, -0.2) is 29.8 Å².